The summed E-state index contributed by atoms with van der Waals surface area (Å²) in [4.78, 5) is 20.4. The molecule has 0 spiro atoms. The summed E-state index contributed by atoms with van der Waals surface area (Å²) in [5, 5.41) is 10.5. The highest BCUT2D eigenvalue weighted by Gasteiger charge is 2.49. The summed E-state index contributed by atoms with van der Waals surface area (Å²) in [5.74, 6) is 1.97. The number of phenols is 1. The maximum Gasteiger partial charge on any atom is 0.171 e. The van der Waals surface area contributed by atoms with E-state index in [-0.39, 0.29) is 29.8 Å². The van der Waals surface area contributed by atoms with Crippen LogP contribution in [0, 0.1) is 11.8 Å². The molecule has 7 nitrogen and oxygen atoms in total. The second-order valence-electron chi connectivity index (χ2n) is 7.41. The first-order valence-corrected chi connectivity index (χ1v) is 9.08. The summed E-state index contributed by atoms with van der Waals surface area (Å²) in [7, 11) is 0. The van der Waals surface area contributed by atoms with E-state index in [1.165, 1.54) is 0 Å². The zero-order valence-electron chi connectivity index (χ0n) is 14.4. The summed E-state index contributed by atoms with van der Waals surface area (Å²) in [6, 6.07) is 9.58. The molecule has 27 heavy (non-hydrogen) atoms. The third-order valence-electron chi connectivity index (χ3n) is 5.93. The van der Waals surface area contributed by atoms with E-state index in [1.54, 1.807) is 6.07 Å². The van der Waals surface area contributed by atoms with Gasteiger partial charge < -0.3 is 24.4 Å². The van der Waals surface area contributed by atoms with Gasteiger partial charge in [-0.1, -0.05) is 12.1 Å². The van der Waals surface area contributed by atoms with Crippen LogP contribution in [0.4, 0.5) is 0 Å². The molecule has 7 heteroatoms. The zero-order valence-corrected chi connectivity index (χ0v) is 14.4. The van der Waals surface area contributed by atoms with Gasteiger partial charge in [0.2, 0.25) is 0 Å². The summed E-state index contributed by atoms with van der Waals surface area (Å²) in [6.45, 7) is 1.96. The Balaban J connectivity index is 1.29. The first-order valence-electron chi connectivity index (χ1n) is 9.08. The van der Waals surface area contributed by atoms with Gasteiger partial charge in [-0.2, -0.15) is 9.78 Å². The molecule has 6 rings (SSSR count). The van der Waals surface area contributed by atoms with Gasteiger partial charge in [0, 0.05) is 28.5 Å². The van der Waals surface area contributed by atoms with Crippen molar-refractivity contribution >= 4 is 0 Å². The van der Waals surface area contributed by atoms with E-state index in [9.17, 15) is 5.11 Å². The first kappa shape index (κ1) is 15.7. The molecule has 4 aliphatic heterocycles. The summed E-state index contributed by atoms with van der Waals surface area (Å²) in [5.41, 5.74) is 3.67. The Bertz CT molecular complexity index is 911. The van der Waals surface area contributed by atoms with E-state index >= 15 is 0 Å². The number of rotatable bonds is 2. The van der Waals surface area contributed by atoms with E-state index in [0.29, 0.717) is 32.2 Å². The van der Waals surface area contributed by atoms with Crippen LogP contribution in [-0.2, 0) is 32.5 Å². The Kier molecular flexibility index (Phi) is 3.40. The minimum absolute atomic E-state index is 0.0642. The van der Waals surface area contributed by atoms with Gasteiger partial charge in [0.15, 0.2) is 11.5 Å². The molecule has 2 aromatic carbocycles. The molecule has 4 aliphatic rings. The van der Waals surface area contributed by atoms with Crippen molar-refractivity contribution in [1.82, 2.24) is 0 Å². The van der Waals surface area contributed by atoms with Crippen molar-refractivity contribution in [2.75, 3.05) is 13.2 Å². The Hall–Kier alpha value is -2.32. The Morgan fingerprint density at radius 2 is 1.48 bits per heavy atom. The highest BCUT2D eigenvalue weighted by molar-refractivity contribution is 5.48. The quantitative estimate of drug-likeness (QED) is 0.814. The monoisotopic (exact) mass is 370 g/mol. The second kappa shape index (κ2) is 5.84. The third-order valence-corrected chi connectivity index (χ3v) is 5.93. The van der Waals surface area contributed by atoms with Crippen LogP contribution in [0.2, 0.25) is 0 Å². The fraction of sp³-hybridized carbons (Fsp3) is 0.400. The molecule has 0 saturated carbocycles. The molecule has 4 heterocycles. The molecule has 1 N–H and O–H groups in total. The SMILES string of the molecule is Oc1cc2c(cc1C1OCC3C(c4ccc5c(c4)OOC5)OCC13)OOC2. The average molecular weight is 370 g/mol. The molecule has 140 valence electrons. The molecule has 2 aromatic rings. The number of benzene rings is 2. The van der Waals surface area contributed by atoms with Crippen LogP contribution in [0.3, 0.4) is 0 Å². The molecule has 0 aromatic heterocycles. The van der Waals surface area contributed by atoms with Gasteiger partial charge in [-0.3, -0.25) is 0 Å². The summed E-state index contributed by atoms with van der Waals surface area (Å²) >= 11 is 0. The van der Waals surface area contributed by atoms with Crippen LogP contribution in [-0.4, -0.2) is 18.3 Å². The number of aromatic hydroxyl groups is 1. The highest BCUT2D eigenvalue weighted by atomic mass is 17.2. The number of ether oxygens (including phenoxy) is 2. The molecule has 2 saturated heterocycles. The van der Waals surface area contributed by atoms with Crippen molar-refractivity contribution < 1.29 is 34.1 Å². The maximum atomic E-state index is 10.5. The van der Waals surface area contributed by atoms with Crippen molar-refractivity contribution in [1.29, 1.82) is 0 Å². The van der Waals surface area contributed by atoms with Crippen LogP contribution in [0.5, 0.6) is 17.2 Å². The lowest BCUT2D eigenvalue weighted by Gasteiger charge is -2.18. The Labute approximate surface area is 155 Å². The average Bonchev–Trinajstić information content (AvgIpc) is 3.43. The molecular formula is C20H18O7. The predicted molar refractivity (Wildman–Crippen MR) is 89.7 cm³/mol. The molecule has 4 atom stereocenters. The topological polar surface area (TPSA) is 75.6 Å². The maximum absolute atomic E-state index is 10.5. The molecule has 4 unspecified atom stereocenters. The number of hydrogen-bond donors (Lipinski definition) is 1. The lowest BCUT2D eigenvalue weighted by atomic mass is 9.84. The molecular weight excluding hydrogens is 352 g/mol. The van der Waals surface area contributed by atoms with Crippen LogP contribution in [0.25, 0.3) is 0 Å². The fourth-order valence-corrected chi connectivity index (χ4v) is 4.52. The van der Waals surface area contributed by atoms with Gasteiger partial charge in [0.1, 0.15) is 19.0 Å². The predicted octanol–water partition coefficient (Wildman–Crippen LogP) is 3.12. The van der Waals surface area contributed by atoms with Gasteiger partial charge in [0.25, 0.3) is 0 Å². The molecule has 0 amide bonds. The van der Waals surface area contributed by atoms with Gasteiger partial charge in [-0.15, -0.1) is 0 Å². The van der Waals surface area contributed by atoms with E-state index in [1.807, 2.05) is 18.2 Å². The third kappa shape index (κ3) is 2.36. The lowest BCUT2D eigenvalue weighted by Crippen LogP contribution is -2.14. The van der Waals surface area contributed by atoms with Crippen molar-refractivity contribution in [2.24, 2.45) is 11.8 Å². The zero-order chi connectivity index (χ0) is 18.0. The van der Waals surface area contributed by atoms with E-state index < -0.39 is 0 Å². The second-order valence-corrected chi connectivity index (χ2v) is 7.41. The van der Waals surface area contributed by atoms with Gasteiger partial charge in [-0.05, 0) is 23.8 Å². The smallest absolute Gasteiger partial charge is 0.171 e. The minimum atomic E-state index is -0.233. The molecule has 0 aliphatic carbocycles. The lowest BCUT2D eigenvalue weighted by molar-refractivity contribution is -0.194. The van der Waals surface area contributed by atoms with E-state index in [2.05, 4.69) is 6.07 Å². The van der Waals surface area contributed by atoms with Gasteiger partial charge in [0.05, 0.1) is 25.4 Å². The number of fused-ring (bicyclic) bond motifs is 3. The molecule has 0 bridgehead atoms. The first-order chi connectivity index (χ1) is 13.3. The Morgan fingerprint density at radius 1 is 0.778 bits per heavy atom. The largest absolute Gasteiger partial charge is 0.508 e. The standard InChI is InChI=1S/C20H18O7/c21-16-3-12-7-25-27-18(12)5-13(16)20-15-9-22-19(14(15)8-23-20)10-1-2-11-6-24-26-17(11)4-10/h1-5,14-15,19-21H,6-9H2. The minimum Gasteiger partial charge on any atom is -0.508 e. The summed E-state index contributed by atoms with van der Waals surface area (Å²) < 4.78 is 12.2. The van der Waals surface area contributed by atoms with E-state index in [4.69, 9.17) is 29.0 Å². The number of hydrogen-bond acceptors (Lipinski definition) is 7. The van der Waals surface area contributed by atoms with Crippen molar-refractivity contribution in [3.8, 4) is 17.2 Å². The number of phenolic OH excluding ortho intramolecular Hbond substituents is 1. The Morgan fingerprint density at radius 3 is 2.33 bits per heavy atom. The van der Waals surface area contributed by atoms with Crippen molar-refractivity contribution in [3.63, 3.8) is 0 Å². The van der Waals surface area contributed by atoms with Crippen LogP contribution in [0.1, 0.15) is 34.5 Å². The summed E-state index contributed by atoms with van der Waals surface area (Å²) in [6.07, 6.45) is -0.297. The van der Waals surface area contributed by atoms with E-state index in [0.717, 1.165) is 28.0 Å². The van der Waals surface area contributed by atoms with Crippen LogP contribution in [0.15, 0.2) is 30.3 Å². The van der Waals surface area contributed by atoms with Gasteiger partial charge >= 0.3 is 0 Å². The van der Waals surface area contributed by atoms with Crippen molar-refractivity contribution in [2.45, 2.75) is 25.4 Å². The fourth-order valence-electron chi connectivity index (χ4n) is 4.52. The normalized spacial score (nSPS) is 30.5. The van der Waals surface area contributed by atoms with Crippen molar-refractivity contribution in [3.05, 3.63) is 52.6 Å². The van der Waals surface area contributed by atoms with Gasteiger partial charge in [-0.25, -0.2) is 0 Å². The molecule has 0 radical (unpaired) electrons. The molecule has 2 fully saturated rings. The van der Waals surface area contributed by atoms with Crippen LogP contribution < -0.4 is 9.78 Å². The van der Waals surface area contributed by atoms with Crippen LogP contribution >= 0.6 is 0 Å². The highest BCUT2D eigenvalue weighted by Crippen LogP contribution is 2.52.